The number of benzene rings is 1. The van der Waals surface area contributed by atoms with Crippen molar-refractivity contribution in [3.63, 3.8) is 0 Å². The van der Waals surface area contributed by atoms with Gasteiger partial charge in [-0.05, 0) is 50.5 Å². The molecular weight excluding hydrogens is 509 g/mol. The molecule has 3 rings (SSSR count). The predicted molar refractivity (Wildman–Crippen MR) is 136 cm³/mol. The van der Waals surface area contributed by atoms with Crippen LogP contribution in [0.5, 0.6) is 0 Å². The highest BCUT2D eigenvalue weighted by Gasteiger charge is 2.20. The van der Waals surface area contributed by atoms with E-state index in [2.05, 4.69) is 51.5 Å². The van der Waals surface area contributed by atoms with E-state index >= 15 is 0 Å². The van der Waals surface area contributed by atoms with Crippen LogP contribution in [0.2, 0.25) is 0 Å². The van der Waals surface area contributed by atoms with Crippen LogP contribution in [0, 0.1) is 6.92 Å². The molecule has 1 aliphatic heterocycles. The van der Waals surface area contributed by atoms with Gasteiger partial charge in [-0.25, -0.2) is 4.98 Å². The fraction of sp³-hybridized carbons (Fsp3) is 0.455. The minimum Gasteiger partial charge on any atom is -0.357 e. The highest BCUT2D eigenvalue weighted by atomic mass is 127. The minimum absolute atomic E-state index is 0. The lowest BCUT2D eigenvalue weighted by molar-refractivity contribution is 0.459. The zero-order chi connectivity index (χ0) is 20.5. The van der Waals surface area contributed by atoms with Crippen molar-refractivity contribution in [3.8, 4) is 0 Å². The van der Waals surface area contributed by atoms with Gasteiger partial charge in [0.15, 0.2) is 5.96 Å². The molecule has 1 unspecified atom stereocenters. The number of nitrogens with one attached hydrogen (secondary N) is 2. The number of aryl methyl sites for hydroxylation is 1. The van der Waals surface area contributed by atoms with Crippen molar-refractivity contribution in [1.82, 2.24) is 15.6 Å². The van der Waals surface area contributed by atoms with Crippen molar-refractivity contribution in [2.45, 2.75) is 37.6 Å². The number of guanidine groups is 1. The molecule has 8 heteroatoms. The number of aliphatic imine (C=N–C) groups is 1. The summed E-state index contributed by atoms with van der Waals surface area (Å²) in [4.78, 5) is 12.4. The fourth-order valence-electron chi connectivity index (χ4n) is 3.34. The first-order valence-corrected chi connectivity index (χ1v) is 11.6. The molecule has 1 aliphatic rings. The average Bonchev–Trinajstić information content (AvgIpc) is 2.75. The van der Waals surface area contributed by atoms with E-state index in [1.807, 2.05) is 36.5 Å². The predicted octanol–water partition coefficient (Wildman–Crippen LogP) is 3.34. The Balaban J connectivity index is 0.00000320. The van der Waals surface area contributed by atoms with Crippen molar-refractivity contribution in [1.29, 1.82) is 0 Å². The summed E-state index contributed by atoms with van der Waals surface area (Å²) < 4.78 is 12.4. The van der Waals surface area contributed by atoms with E-state index in [4.69, 9.17) is 0 Å². The summed E-state index contributed by atoms with van der Waals surface area (Å²) in [6.45, 7) is 7.41. The lowest BCUT2D eigenvalue weighted by Gasteiger charge is -2.33. The summed E-state index contributed by atoms with van der Waals surface area (Å²) in [5.41, 5.74) is 1.19. The molecular formula is C22H32IN5OS. The van der Waals surface area contributed by atoms with Crippen molar-refractivity contribution in [3.05, 3.63) is 54.2 Å². The fourth-order valence-corrected chi connectivity index (χ4v) is 4.30. The molecule has 1 aromatic carbocycles. The third-order valence-electron chi connectivity index (χ3n) is 4.95. The van der Waals surface area contributed by atoms with Crippen molar-refractivity contribution < 1.29 is 4.21 Å². The SMILES string of the molecule is CCNC(=NCCS(=O)c1ccccc1)NC1CCN(c2ccc(C)cn2)CC1.I. The Hall–Kier alpha value is -1.68. The van der Waals surface area contributed by atoms with Gasteiger partial charge in [0.05, 0.1) is 17.3 Å². The van der Waals surface area contributed by atoms with Crippen LogP contribution in [0.3, 0.4) is 0 Å². The Morgan fingerprint density at radius 2 is 1.93 bits per heavy atom. The maximum atomic E-state index is 12.4. The summed E-state index contributed by atoms with van der Waals surface area (Å²) in [7, 11) is -1.01. The van der Waals surface area contributed by atoms with Gasteiger partial charge in [-0.15, -0.1) is 24.0 Å². The quantitative estimate of drug-likeness (QED) is 0.320. The Bertz CT molecular complexity index is 808. The molecule has 0 aliphatic carbocycles. The van der Waals surface area contributed by atoms with Crippen molar-refractivity contribution in [2.24, 2.45) is 4.99 Å². The number of nitrogens with zero attached hydrogens (tertiary/aromatic N) is 3. The summed E-state index contributed by atoms with van der Waals surface area (Å²) in [6.07, 6.45) is 4.00. The van der Waals surface area contributed by atoms with Crippen LogP contribution in [0.1, 0.15) is 25.3 Å². The number of piperidine rings is 1. The van der Waals surface area contributed by atoms with Gasteiger partial charge in [0.2, 0.25) is 0 Å². The Labute approximate surface area is 199 Å². The summed E-state index contributed by atoms with van der Waals surface area (Å²) in [5.74, 6) is 2.39. The van der Waals surface area contributed by atoms with Crippen LogP contribution in [0.15, 0.2) is 58.5 Å². The molecule has 2 aromatic rings. The first-order chi connectivity index (χ1) is 14.2. The molecule has 0 spiro atoms. The maximum Gasteiger partial charge on any atom is 0.191 e. The van der Waals surface area contributed by atoms with Gasteiger partial charge in [0.1, 0.15) is 5.82 Å². The Morgan fingerprint density at radius 1 is 1.20 bits per heavy atom. The molecule has 0 radical (unpaired) electrons. The average molecular weight is 542 g/mol. The van der Waals surface area contributed by atoms with Crippen LogP contribution in [0.25, 0.3) is 0 Å². The molecule has 2 N–H and O–H groups in total. The lowest BCUT2D eigenvalue weighted by atomic mass is 10.1. The minimum atomic E-state index is -1.01. The van der Waals surface area contributed by atoms with Gasteiger partial charge in [-0.1, -0.05) is 24.3 Å². The molecule has 164 valence electrons. The van der Waals surface area contributed by atoms with Crippen LogP contribution in [0.4, 0.5) is 5.82 Å². The summed E-state index contributed by atoms with van der Waals surface area (Å²) in [6, 6.07) is 14.2. The highest BCUT2D eigenvalue weighted by Crippen LogP contribution is 2.18. The molecule has 1 saturated heterocycles. The van der Waals surface area contributed by atoms with Gasteiger partial charge >= 0.3 is 0 Å². The van der Waals surface area contributed by atoms with Crippen molar-refractivity contribution in [2.75, 3.05) is 36.8 Å². The lowest BCUT2D eigenvalue weighted by Crippen LogP contribution is -2.49. The topological polar surface area (TPSA) is 69.6 Å². The molecule has 0 bridgehead atoms. The Kier molecular flexibility index (Phi) is 10.6. The molecule has 1 aromatic heterocycles. The van der Waals surface area contributed by atoms with E-state index in [0.29, 0.717) is 18.3 Å². The molecule has 0 amide bonds. The van der Waals surface area contributed by atoms with Gasteiger partial charge < -0.3 is 15.5 Å². The molecule has 30 heavy (non-hydrogen) atoms. The number of hydrogen-bond acceptors (Lipinski definition) is 4. The van der Waals surface area contributed by atoms with E-state index in [1.165, 1.54) is 5.56 Å². The molecule has 0 saturated carbocycles. The number of pyridine rings is 1. The van der Waals surface area contributed by atoms with E-state index < -0.39 is 10.8 Å². The van der Waals surface area contributed by atoms with Gasteiger partial charge in [0.25, 0.3) is 0 Å². The van der Waals surface area contributed by atoms with E-state index in [0.717, 1.165) is 49.1 Å². The van der Waals surface area contributed by atoms with E-state index in [9.17, 15) is 4.21 Å². The Morgan fingerprint density at radius 3 is 2.57 bits per heavy atom. The standard InChI is InChI=1S/C22H31N5OS.HI/c1-3-23-22(24-13-16-29(28)20-7-5-4-6-8-20)26-19-11-14-27(15-12-19)21-10-9-18(2)17-25-21;/h4-10,17,19H,3,11-16H2,1-2H3,(H2,23,24,26);1H. The third-order valence-corrected chi connectivity index (χ3v) is 6.30. The zero-order valence-electron chi connectivity index (χ0n) is 17.7. The monoisotopic (exact) mass is 541 g/mol. The van der Waals surface area contributed by atoms with Gasteiger partial charge in [-0.2, -0.15) is 0 Å². The first-order valence-electron chi connectivity index (χ1n) is 10.3. The van der Waals surface area contributed by atoms with Crippen LogP contribution in [-0.2, 0) is 10.8 Å². The smallest absolute Gasteiger partial charge is 0.191 e. The van der Waals surface area contributed by atoms with Crippen LogP contribution in [-0.4, -0.2) is 53.1 Å². The van der Waals surface area contributed by atoms with Crippen molar-refractivity contribution >= 4 is 46.6 Å². The zero-order valence-corrected chi connectivity index (χ0v) is 20.9. The molecule has 2 heterocycles. The molecule has 1 fully saturated rings. The maximum absolute atomic E-state index is 12.4. The molecule has 1 atom stereocenters. The van der Waals surface area contributed by atoms with E-state index in [1.54, 1.807) is 0 Å². The van der Waals surface area contributed by atoms with Gasteiger partial charge in [0, 0.05) is 42.5 Å². The van der Waals surface area contributed by atoms with Crippen LogP contribution < -0.4 is 15.5 Å². The first kappa shape index (κ1) is 24.6. The summed E-state index contributed by atoms with van der Waals surface area (Å²) >= 11 is 0. The number of hydrogen-bond donors (Lipinski definition) is 2. The number of anilines is 1. The highest BCUT2D eigenvalue weighted by molar-refractivity contribution is 14.0. The van der Waals surface area contributed by atoms with Gasteiger partial charge in [-0.3, -0.25) is 9.20 Å². The number of halogens is 1. The second-order valence-corrected chi connectivity index (χ2v) is 8.79. The largest absolute Gasteiger partial charge is 0.357 e. The third kappa shape index (κ3) is 7.54. The van der Waals surface area contributed by atoms with Crippen LogP contribution >= 0.6 is 24.0 Å². The second-order valence-electron chi connectivity index (χ2n) is 7.22. The number of aromatic nitrogens is 1. The molecule has 6 nitrogen and oxygen atoms in total. The second kappa shape index (κ2) is 12.9. The normalized spacial score (nSPS) is 15.9. The van der Waals surface area contributed by atoms with E-state index in [-0.39, 0.29) is 24.0 Å². The summed E-state index contributed by atoms with van der Waals surface area (Å²) in [5, 5.41) is 6.85. The number of rotatable bonds is 7.